The molecule has 0 aliphatic rings. The average Bonchev–Trinajstić information content (AvgIpc) is 2.46. The molecule has 5 heteroatoms. The molecule has 0 aliphatic heterocycles. The van der Waals surface area contributed by atoms with Crippen LogP contribution in [0.25, 0.3) is 0 Å². The Hall–Kier alpha value is -1.69. The number of benzene rings is 2. The molecule has 112 valence electrons. The van der Waals surface area contributed by atoms with Crippen molar-refractivity contribution in [2.24, 2.45) is 0 Å². The lowest BCUT2D eigenvalue weighted by molar-refractivity contribution is 0.179. The van der Waals surface area contributed by atoms with Gasteiger partial charge in [-0.25, -0.2) is 13.1 Å². The van der Waals surface area contributed by atoms with Crippen LogP contribution < -0.4 is 4.72 Å². The summed E-state index contributed by atoms with van der Waals surface area (Å²) in [5.74, 6) is 0. The van der Waals surface area contributed by atoms with Gasteiger partial charge in [-0.05, 0) is 36.6 Å². The minimum absolute atomic E-state index is 0.00876. The number of aliphatic hydroxyl groups is 1. The summed E-state index contributed by atoms with van der Waals surface area (Å²) in [4.78, 5) is 0.217. The van der Waals surface area contributed by atoms with Crippen LogP contribution in [-0.4, -0.2) is 26.2 Å². The Morgan fingerprint density at radius 3 is 2.48 bits per heavy atom. The van der Waals surface area contributed by atoms with Gasteiger partial charge in [0.15, 0.2) is 0 Å². The Balaban J connectivity index is 1.95. The van der Waals surface area contributed by atoms with Crippen LogP contribution in [0, 0.1) is 6.92 Å². The molecule has 0 saturated heterocycles. The first kappa shape index (κ1) is 15.7. The molecule has 0 heterocycles. The highest BCUT2D eigenvalue weighted by Gasteiger charge is 2.16. The molecule has 0 bridgehead atoms. The Morgan fingerprint density at radius 2 is 1.81 bits per heavy atom. The smallest absolute Gasteiger partial charge is 0.240 e. The first-order chi connectivity index (χ1) is 9.97. The highest BCUT2D eigenvalue weighted by Crippen LogP contribution is 2.11. The topological polar surface area (TPSA) is 66.4 Å². The Labute approximate surface area is 125 Å². The maximum atomic E-state index is 12.1. The fourth-order valence-electron chi connectivity index (χ4n) is 2.03. The van der Waals surface area contributed by atoms with E-state index in [0.717, 1.165) is 11.1 Å². The molecule has 4 nitrogen and oxygen atoms in total. The fourth-order valence-corrected chi connectivity index (χ4v) is 3.21. The van der Waals surface area contributed by atoms with Gasteiger partial charge in [-0.2, -0.15) is 0 Å². The van der Waals surface area contributed by atoms with Gasteiger partial charge in [-0.1, -0.05) is 42.5 Å². The van der Waals surface area contributed by atoms with Gasteiger partial charge in [0.05, 0.1) is 11.0 Å². The van der Waals surface area contributed by atoms with E-state index in [1.165, 1.54) is 0 Å². The highest BCUT2D eigenvalue weighted by atomic mass is 32.2. The van der Waals surface area contributed by atoms with Crippen molar-refractivity contribution in [1.82, 2.24) is 4.72 Å². The van der Waals surface area contributed by atoms with Crippen LogP contribution in [0.1, 0.15) is 11.1 Å². The van der Waals surface area contributed by atoms with Crippen molar-refractivity contribution in [2.75, 3.05) is 6.54 Å². The third kappa shape index (κ3) is 4.67. The van der Waals surface area contributed by atoms with E-state index in [0.29, 0.717) is 6.42 Å². The first-order valence-corrected chi connectivity index (χ1v) is 8.24. The molecule has 2 aromatic rings. The summed E-state index contributed by atoms with van der Waals surface area (Å²) in [5.41, 5.74) is 1.85. The molecule has 0 aliphatic carbocycles. The van der Waals surface area contributed by atoms with Gasteiger partial charge in [0.1, 0.15) is 0 Å². The Bertz CT molecular complexity index is 684. The molecule has 0 radical (unpaired) electrons. The van der Waals surface area contributed by atoms with Crippen molar-refractivity contribution < 1.29 is 13.5 Å². The van der Waals surface area contributed by atoms with E-state index >= 15 is 0 Å². The van der Waals surface area contributed by atoms with Crippen LogP contribution in [0.15, 0.2) is 59.5 Å². The zero-order valence-corrected chi connectivity index (χ0v) is 12.7. The van der Waals surface area contributed by atoms with Crippen molar-refractivity contribution in [2.45, 2.75) is 24.3 Å². The standard InChI is InChI=1S/C16H19NO3S/c1-13-6-5-9-16(10-13)21(19,20)17-12-15(18)11-14-7-3-2-4-8-14/h2-10,15,17-18H,11-12H2,1H3. The van der Waals surface area contributed by atoms with Crippen molar-refractivity contribution in [3.05, 3.63) is 65.7 Å². The van der Waals surface area contributed by atoms with Crippen LogP contribution >= 0.6 is 0 Å². The number of hydrogen-bond acceptors (Lipinski definition) is 3. The number of nitrogens with one attached hydrogen (secondary N) is 1. The second-order valence-electron chi connectivity index (χ2n) is 5.01. The quantitative estimate of drug-likeness (QED) is 0.856. The molecule has 2 N–H and O–H groups in total. The van der Waals surface area contributed by atoms with E-state index in [-0.39, 0.29) is 11.4 Å². The predicted octanol–water partition coefficient (Wildman–Crippen LogP) is 1.88. The predicted molar refractivity (Wildman–Crippen MR) is 82.5 cm³/mol. The van der Waals surface area contributed by atoms with Gasteiger partial charge < -0.3 is 5.11 Å². The van der Waals surface area contributed by atoms with E-state index in [1.54, 1.807) is 18.2 Å². The number of sulfonamides is 1. The lowest BCUT2D eigenvalue weighted by atomic mass is 10.1. The lowest BCUT2D eigenvalue weighted by Gasteiger charge is -2.12. The van der Waals surface area contributed by atoms with Gasteiger partial charge in [-0.15, -0.1) is 0 Å². The molecule has 1 unspecified atom stereocenters. The zero-order chi connectivity index (χ0) is 15.3. The fraction of sp³-hybridized carbons (Fsp3) is 0.250. The zero-order valence-electron chi connectivity index (χ0n) is 11.9. The summed E-state index contributed by atoms with van der Waals surface area (Å²) in [6.07, 6.45) is -0.344. The van der Waals surface area contributed by atoms with Crippen LogP contribution in [0.4, 0.5) is 0 Å². The maximum Gasteiger partial charge on any atom is 0.240 e. The number of hydrogen-bond donors (Lipinski definition) is 2. The molecule has 0 spiro atoms. The molecular formula is C16H19NO3S. The van der Waals surface area contributed by atoms with Gasteiger partial charge >= 0.3 is 0 Å². The molecule has 21 heavy (non-hydrogen) atoms. The number of aliphatic hydroxyl groups excluding tert-OH is 1. The molecule has 2 rings (SSSR count). The summed E-state index contributed by atoms with van der Waals surface area (Å²) < 4.78 is 26.7. The summed E-state index contributed by atoms with van der Waals surface area (Å²) in [6, 6.07) is 16.2. The summed E-state index contributed by atoms with van der Waals surface area (Å²) >= 11 is 0. The lowest BCUT2D eigenvalue weighted by Crippen LogP contribution is -2.33. The van der Waals surface area contributed by atoms with Crippen molar-refractivity contribution in [3.63, 3.8) is 0 Å². The van der Waals surface area contributed by atoms with Crippen molar-refractivity contribution >= 4 is 10.0 Å². The largest absolute Gasteiger partial charge is 0.391 e. The van der Waals surface area contributed by atoms with Gasteiger partial charge in [-0.3, -0.25) is 0 Å². The van der Waals surface area contributed by atoms with E-state index in [4.69, 9.17) is 0 Å². The van der Waals surface area contributed by atoms with E-state index in [2.05, 4.69) is 4.72 Å². The van der Waals surface area contributed by atoms with E-state index in [9.17, 15) is 13.5 Å². The maximum absolute atomic E-state index is 12.1. The van der Waals surface area contributed by atoms with Gasteiger partial charge in [0, 0.05) is 6.54 Å². The molecule has 2 aromatic carbocycles. The summed E-state index contributed by atoms with van der Waals surface area (Å²) in [6.45, 7) is 1.83. The first-order valence-electron chi connectivity index (χ1n) is 6.76. The third-order valence-corrected chi connectivity index (χ3v) is 4.54. The third-order valence-electron chi connectivity index (χ3n) is 3.12. The molecule has 1 atom stereocenters. The second-order valence-corrected chi connectivity index (χ2v) is 6.78. The average molecular weight is 305 g/mol. The van der Waals surface area contributed by atoms with Crippen molar-refractivity contribution in [1.29, 1.82) is 0 Å². The minimum Gasteiger partial charge on any atom is -0.391 e. The van der Waals surface area contributed by atoms with Crippen molar-refractivity contribution in [3.8, 4) is 0 Å². The van der Waals surface area contributed by atoms with Crippen LogP contribution in [-0.2, 0) is 16.4 Å². The molecule has 0 aromatic heterocycles. The van der Waals surface area contributed by atoms with Gasteiger partial charge in [0.25, 0.3) is 0 Å². The monoisotopic (exact) mass is 305 g/mol. The van der Waals surface area contributed by atoms with E-state index < -0.39 is 16.1 Å². The van der Waals surface area contributed by atoms with Crippen LogP contribution in [0.2, 0.25) is 0 Å². The van der Waals surface area contributed by atoms with Crippen LogP contribution in [0.3, 0.4) is 0 Å². The number of rotatable bonds is 6. The van der Waals surface area contributed by atoms with Crippen LogP contribution in [0.5, 0.6) is 0 Å². The number of aryl methyl sites for hydroxylation is 1. The molecule has 0 fully saturated rings. The normalized spacial score (nSPS) is 13.0. The minimum atomic E-state index is -3.58. The molecular weight excluding hydrogens is 286 g/mol. The Kier molecular flexibility index (Phi) is 5.12. The highest BCUT2D eigenvalue weighted by molar-refractivity contribution is 7.89. The summed E-state index contributed by atoms with van der Waals surface area (Å²) in [5, 5.41) is 9.94. The summed E-state index contributed by atoms with van der Waals surface area (Å²) in [7, 11) is -3.58. The van der Waals surface area contributed by atoms with Gasteiger partial charge in [0.2, 0.25) is 10.0 Å². The van der Waals surface area contributed by atoms with E-state index in [1.807, 2.05) is 43.3 Å². The molecule has 0 saturated carbocycles. The molecule has 0 amide bonds. The SMILES string of the molecule is Cc1cccc(S(=O)(=O)NCC(O)Cc2ccccc2)c1. The second kappa shape index (κ2) is 6.85. The Morgan fingerprint density at radius 1 is 1.10 bits per heavy atom.